The molecule has 0 heterocycles. The third-order valence-corrected chi connectivity index (χ3v) is 10.1. The number of sulfonamides is 2. The van der Waals surface area contributed by atoms with E-state index in [-0.39, 0.29) is 22.7 Å². The standard InChI is InChI=1S/C36H34N8O8S2/c1-23-14-18-25(19-15-23)37-33(45)41-29-10-3-5-12-31(29)53(49,50)43-35(47)39-27-8-7-9-28(22-27)40-36(48)44-54(51,52)32-13-6-4-11-30(32)42-34(46)38-26-20-16-24(2)17-21-26/h3-22H,1-2H3,(H2,37,41,45)(H2,38,42,46)(H2,39,43,47)(H2,40,44,48). The van der Waals surface area contributed by atoms with Crippen LogP contribution in [0, 0.1) is 13.8 Å². The second kappa shape index (κ2) is 16.6. The van der Waals surface area contributed by atoms with Gasteiger partial charge in [0.1, 0.15) is 9.79 Å². The van der Waals surface area contributed by atoms with Crippen molar-refractivity contribution in [3.63, 3.8) is 0 Å². The molecule has 0 radical (unpaired) electrons. The smallest absolute Gasteiger partial charge is 0.308 e. The molecule has 0 aromatic heterocycles. The van der Waals surface area contributed by atoms with Crippen LogP contribution in [0.2, 0.25) is 0 Å². The number of urea groups is 4. The predicted molar refractivity (Wildman–Crippen MR) is 206 cm³/mol. The van der Waals surface area contributed by atoms with Crippen LogP contribution in [0.3, 0.4) is 0 Å². The fraction of sp³-hybridized carbons (Fsp3) is 0.0556. The lowest BCUT2D eigenvalue weighted by Gasteiger charge is -2.14. The zero-order valence-electron chi connectivity index (χ0n) is 28.6. The SMILES string of the molecule is Cc1ccc(NC(=O)Nc2ccccc2S(=O)(=O)NC(=O)Nc2cccc(NC(=O)NS(=O)(=O)c3ccccc3NC(=O)Nc3ccc(C)cc3)c2)cc1. The minimum absolute atomic E-state index is 0.0291. The normalized spacial score (nSPS) is 11.0. The van der Waals surface area contributed by atoms with Crippen LogP contribution in [0.1, 0.15) is 11.1 Å². The fourth-order valence-electron chi connectivity index (χ4n) is 4.79. The van der Waals surface area contributed by atoms with Crippen LogP contribution in [0.4, 0.5) is 53.3 Å². The summed E-state index contributed by atoms with van der Waals surface area (Å²) in [6, 6.07) is 26.5. The van der Waals surface area contributed by atoms with Crippen LogP contribution in [0.15, 0.2) is 131 Å². The first kappa shape index (κ1) is 38.3. The Kier molecular flexibility index (Phi) is 11.8. The summed E-state index contributed by atoms with van der Waals surface area (Å²) in [5, 5.41) is 14.8. The van der Waals surface area contributed by atoms with E-state index in [1.165, 1.54) is 72.8 Å². The van der Waals surface area contributed by atoms with Crippen LogP contribution in [0.25, 0.3) is 0 Å². The summed E-state index contributed by atoms with van der Waals surface area (Å²) in [5.74, 6) is 0. The second-order valence-electron chi connectivity index (χ2n) is 11.6. The van der Waals surface area contributed by atoms with Crippen molar-refractivity contribution in [1.82, 2.24) is 9.44 Å². The van der Waals surface area contributed by atoms with Gasteiger partial charge in [0, 0.05) is 22.7 Å². The Hall–Kier alpha value is -6.92. The topological polar surface area (TPSA) is 233 Å². The maximum Gasteiger partial charge on any atom is 0.333 e. The summed E-state index contributed by atoms with van der Waals surface area (Å²) >= 11 is 0. The maximum absolute atomic E-state index is 13.2. The summed E-state index contributed by atoms with van der Waals surface area (Å²) in [4.78, 5) is 50.0. The molecular formula is C36H34N8O8S2. The van der Waals surface area contributed by atoms with Crippen LogP contribution in [-0.4, -0.2) is 41.0 Å². The Labute approximate surface area is 310 Å². The van der Waals surface area contributed by atoms with E-state index < -0.39 is 54.0 Å². The zero-order chi connectivity index (χ0) is 38.9. The highest BCUT2D eigenvalue weighted by Crippen LogP contribution is 2.24. The molecule has 5 aromatic rings. The lowest BCUT2D eigenvalue weighted by atomic mass is 10.2. The zero-order valence-corrected chi connectivity index (χ0v) is 30.3. The Morgan fingerprint density at radius 2 is 0.741 bits per heavy atom. The number of nitrogens with one attached hydrogen (secondary N) is 8. The summed E-state index contributed by atoms with van der Waals surface area (Å²) in [6.07, 6.45) is 0. The largest absolute Gasteiger partial charge is 0.333 e. The van der Waals surface area contributed by atoms with Gasteiger partial charge in [0.05, 0.1) is 11.4 Å². The minimum Gasteiger partial charge on any atom is -0.308 e. The average molecular weight is 771 g/mol. The molecule has 0 aliphatic rings. The fourth-order valence-corrected chi connectivity index (χ4v) is 6.94. The van der Waals surface area contributed by atoms with Crippen LogP contribution in [0.5, 0.6) is 0 Å². The highest BCUT2D eigenvalue weighted by molar-refractivity contribution is 7.90. The molecule has 0 atom stereocenters. The third-order valence-electron chi connectivity index (χ3n) is 7.30. The van der Waals surface area contributed by atoms with Crippen molar-refractivity contribution >= 4 is 78.3 Å². The van der Waals surface area contributed by atoms with Crippen LogP contribution >= 0.6 is 0 Å². The number of para-hydroxylation sites is 2. The molecule has 0 aliphatic carbocycles. The molecule has 18 heteroatoms. The van der Waals surface area contributed by atoms with Gasteiger partial charge in [-0.05, 0) is 80.6 Å². The maximum atomic E-state index is 13.2. The number of carbonyl (C=O) groups is 4. The highest BCUT2D eigenvalue weighted by atomic mass is 32.2. The number of hydrogen-bond donors (Lipinski definition) is 8. The highest BCUT2D eigenvalue weighted by Gasteiger charge is 2.24. The molecular weight excluding hydrogens is 737 g/mol. The number of benzene rings is 5. The first-order valence-electron chi connectivity index (χ1n) is 15.9. The quantitative estimate of drug-likeness (QED) is 0.0768. The number of rotatable bonds is 10. The lowest BCUT2D eigenvalue weighted by Crippen LogP contribution is -2.35. The Balaban J connectivity index is 1.18. The molecule has 0 bridgehead atoms. The van der Waals surface area contributed by atoms with Crippen molar-refractivity contribution in [2.45, 2.75) is 23.6 Å². The molecule has 0 saturated heterocycles. The first-order valence-corrected chi connectivity index (χ1v) is 18.9. The van der Waals surface area contributed by atoms with Gasteiger partial charge in [-0.3, -0.25) is 0 Å². The van der Waals surface area contributed by atoms with Crippen molar-refractivity contribution in [2.24, 2.45) is 0 Å². The van der Waals surface area contributed by atoms with Crippen molar-refractivity contribution in [3.8, 4) is 0 Å². The number of anilines is 6. The van der Waals surface area contributed by atoms with Gasteiger partial charge in [-0.25, -0.2) is 45.5 Å². The minimum atomic E-state index is -4.52. The molecule has 0 aliphatic heterocycles. The van der Waals surface area contributed by atoms with Gasteiger partial charge >= 0.3 is 24.1 Å². The Morgan fingerprint density at radius 1 is 0.389 bits per heavy atom. The van der Waals surface area contributed by atoms with E-state index in [0.717, 1.165) is 11.1 Å². The molecule has 16 nitrogen and oxygen atoms in total. The third kappa shape index (κ3) is 10.6. The van der Waals surface area contributed by atoms with Gasteiger partial charge in [-0.2, -0.15) is 0 Å². The van der Waals surface area contributed by atoms with Crippen LogP contribution < -0.4 is 41.3 Å². The number of carbonyl (C=O) groups excluding carboxylic acids is 4. The average Bonchev–Trinajstić information content (AvgIpc) is 3.10. The van der Waals surface area contributed by atoms with Gasteiger partial charge in [0.25, 0.3) is 20.0 Å². The predicted octanol–water partition coefficient (Wildman–Crippen LogP) is 6.61. The number of amides is 8. The lowest BCUT2D eigenvalue weighted by molar-refractivity contribution is 0.255. The van der Waals surface area contributed by atoms with Crippen molar-refractivity contribution in [2.75, 3.05) is 31.9 Å². The van der Waals surface area contributed by atoms with E-state index in [0.29, 0.717) is 11.4 Å². The monoisotopic (exact) mass is 770 g/mol. The summed E-state index contributed by atoms with van der Waals surface area (Å²) in [7, 11) is -9.04. The van der Waals surface area contributed by atoms with Gasteiger partial charge in [0.15, 0.2) is 0 Å². The van der Waals surface area contributed by atoms with E-state index in [1.807, 2.05) is 23.3 Å². The van der Waals surface area contributed by atoms with E-state index in [1.54, 1.807) is 48.5 Å². The van der Waals surface area contributed by atoms with Crippen molar-refractivity contribution in [1.29, 1.82) is 0 Å². The molecule has 0 fully saturated rings. The Bertz CT molecular complexity index is 2260. The van der Waals surface area contributed by atoms with Crippen molar-refractivity contribution in [3.05, 3.63) is 132 Å². The number of hydrogen-bond acceptors (Lipinski definition) is 8. The first-order chi connectivity index (χ1) is 25.7. The van der Waals surface area contributed by atoms with Gasteiger partial charge < -0.3 is 31.9 Å². The molecule has 5 rings (SSSR count). The van der Waals surface area contributed by atoms with Gasteiger partial charge in [0.2, 0.25) is 0 Å². The molecule has 0 spiro atoms. The summed E-state index contributed by atoms with van der Waals surface area (Å²) in [6.45, 7) is 3.77. The molecule has 8 amide bonds. The molecule has 0 unspecified atom stereocenters. The molecule has 54 heavy (non-hydrogen) atoms. The molecule has 0 saturated carbocycles. The van der Waals surface area contributed by atoms with Crippen LogP contribution in [-0.2, 0) is 20.0 Å². The molecule has 278 valence electrons. The van der Waals surface area contributed by atoms with E-state index >= 15 is 0 Å². The second-order valence-corrected chi connectivity index (χ2v) is 14.9. The van der Waals surface area contributed by atoms with E-state index in [4.69, 9.17) is 0 Å². The Morgan fingerprint density at radius 3 is 1.13 bits per heavy atom. The number of aryl methyl sites for hydroxylation is 2. The van der Waals surface area contributed by atoms with Gasteiger partial charge in [-0.15, -0.1) is 0 Å². The van der Waals surface area contributed by atoms with Gasteiger partial charge in [-0.1, -0.05) is 65.7 Å². The summed E-state index contributed by atoms with van der Waals surface area (Å²) < 4.78 is 56.5. The van der Waals surface area contributed by atoms with E-state index in [9.17, 15) is 36.0 Å². The molecule has 8 N–H and O–H groups in total. The molecule has 5 aromatic carbocycles. The van der Waals surface area contributed by atoms with E-state index in [2.05, 4.69) is 31.9 Å². The van der Waals surface area contributed by atoms with Crippen molar-refractivity contribution < 1.29 is 36.0 Å². The summed E-state index contributed by atoms with van der Waals surface area (Å²) in [5.41, 5.74) is 2.78.